The summed E-state index contributed by atoms with van der Waals surface area (Å²) in [6, 6.07) is 3.57. The largest absolute Gasteiger partial charge is 0.488 e. The molecule has 0 saturated carbocycles. The topological polar surface area (TPSA) is 238 Å². The van der Waals surface area contributed by atoms with Gasteiger partial charge in [0.15, 0.2) is 0 Å². The maximum absolute atomic E-state index is 14.0. The van der Waals surface area contributed by atoms with Crippen LogP contribution in [0, 0.1) is 26.2 Å². The number of sulfonamides is 1. The molecule has 1 aliphatic heterocycles. The molecule has 0 saturated heterocycles. The molecule has 4 amide bonds. The Morgan fingerprint density at radius 2 is 1.48 bits per heavy atom. The second-order valence-corrected chi connectivity index (χ2v) is 19.8. The molecule has 2 aromatic carbocycles. The summed E-state index contributed by atoms with van der Waals surface area (Å²) in [5.74, 6) is -1.17. The van der Waals surface area contributed by atoms with Crippen molar-refractivity contribution in [2.75, 3.05) is 6.54 Å². The molecule has 2 aromatic rings. The summed E-state index contributed by atoms with van der Waals surface area (Å²) in [4.78, 5) is 53.3. The van der Waals surface area contributed by atoms with Crippen LogP contribution in [0.4, 0.5) is 4.79 Å². The van der Waals surface area contributed by atoms with Crippen LogP contribution in [0.5, 0.6) is 11.5 Å². The molecule has 0 aromatic heterocycles. The van der Waals surface area contributed by atoms with Crippen molar-refractivity contribution in [1.82, 2.24) is 31.4 Å². The zero-order chi connectivity index (χ0) is 46.2. The van der Waals surface area contributed by atoms with Crippen molar-refractivity contribution in [2.45, 2.75) is 162 Å². The molecule has 0 bridgehead atoms. The van der Waals surface area contributed by atoms with E-state index in [4.69, 9.17) is 19.6 Å². The summed E-state index contributed by atoms with van der Waals surface area (Å²) in [5, 5.41) is 23.1. The van der Waals surface area contributed by atoms with Crippen LogP contribution in [0.25, 0.3) is 0 Å². The highest BCUT2D eigenvalue weighted by Gasteiger charge is 2.37. The first-order chi connectivity index (χ1) is 28.0. The number of rotatable bonds is 16. The van der Waals surface area contributed by atoms with Gasteiger partial charge in [0.2, 0.25) is 17.8 Å². The second-order valence-electron chi connectivity index (χ2n) is 18.2. The summed E-state index contributed by atoms with van der Waals surface area (Å²) in [7, 11) is -4.18. The van der Waals surface area contributed by atoms with Crippen LogP contribution < -0.4 is 40.9 Å². The molecule has 1 aliphatic rings. The monoisotopic (exact) mass is 870 g/mol. The highest BCUT2D eigenvalue weighted by atomic mass is 32.2. The van der Waals surface area contributed by atoms with E-state index in [-0.39, 0.29) is 30.7 Å². The fraction of sp³-hybridized carbons (Fsp3) is 0.581. The van der Waals surface area contributed by atoms with Crippen molar-refractivity contribution in [3.63, 3.8) is 0 Å². The number of hydrogen-bond donors (Lipinski definition) is 7. The predicted octanol–water partition coefficient (Wildman–Crippen LogP) is 4.72. The number of nitrogens with one attached hydrogen (secondary N) is 7. The van der Waals surface area contributed by atoms with Crippen LogP contribution in [-0.2, 0) is 42.0 Å². The first kappa shape index (κ1) is 50.0. The summed E-state index contributed by atoms with van der Waals surface area (Å²) in [6.45, 7) is 24.8. The number of carbonyl (C=O) groups excluding carboxylic acids is 4. The summed E-state index contributed by atoms with van der Waals surface area (Å²) in [5.41, 5.74) is 4.57. The van der Waals surface area contributed by atoms with E-state index >= 15 is 0 Å². The molecule has 18 heteroatoms. The molecule has 3 atom stereocenters. The SMILES string of the molecule is CC(C)=NNC(=O)[C@H](CCCNC(=N)NS(=O)(=O)c1c(C)c(C)c2c(c1C)CC(C)(C)O2)NC(=O)[C@H](Cc1ccc(OC(C)(C)C)cc1)NC(=O)[C@H](C)NC(=O)OC(C)(C)C. The Bertz CT molecular complexity index is 2100. The minimum Gasteiger partial charge on any atom is -0.488 e. The zero-order valence-corrected chi connectivity index (χ0v) is 38.9. The van der Waals surface area contributed by atoms with E-state index in [1.54, 1.807) is 72.7 Å². The molecule has 7 N–H and O–H groups in total. The molecular formula is C43H66N8O9S. The Labute approximate surface area is 360 Å². The number of alkyl carbamates (subject to hydrolysis) is 1. The first-order valence-corrected chi connectivity index (χ1v) is 21.8. The molecule has 0 fully saturated rings. The van der Waals surface area contributed by atoms with Crippen LogP contribution >= 0.6 is 0 Å². The van der Waals surface area contributed by atoms with Gasteiger partial charge in [0.05, 0.1) is 4.90 Å². The number of ether oxygens (including phenoxy) is 3. The number of benzene rings is 2. The number of amides is 4. The number of hydrazone groups is 1. The Kier molecular flexibility index (Phi) is 16.4. The zero-order valence-electron chi connectivity index (χ0n) is 38.1. The molecule has 338 valence electrons. The van der Waals surface area contributed by atoms with E-state index in [0.717, 1.165) is 11.1 Å². The Morgan fingerprint density at radius 1 is 0.869 bits per heavy atom. The Balaban J connectivity index is 1.77. The molecule has 0 unspecified atom stereocenters. The molecule has 17 nitrogen and oxygen atoms in total. The average molecular weight is 871 g/mol. The fourth-order valence-corrected chi connectivity index (χ4v) is 8.04. The highest BCUT2D eigenvalue weighted by molar-refractivity contribution is 7.90. The highest BCUT2D eigenvalue weighted by Crippen LogP contribution is 2.43. The summed E-state index contributed by atoms with van der Waals surface area (Å²) in [6.07, 6.45) is -0.0229. The van der Waals surface area contributed by atoms with Gasteiger partial charge in [0, 0.05) is 30.7 Å². The lowest BCUT2D eigenvalue weighted by atomic mass is 9.94. The van der Waals surface area contributed by atoms with E-state index < -0.39 is 74.7 Å². The van der Waals surface area contributed by atoms with Crippen molar-refractivity contribution in [2.24, 2.45) is 5.10 Å². The second kappa shape index (κ2) is 20.0. The van der Waals surface area contributed by atoms with Crippen molar-refractivity contribution in [1.29, 1.82) is 5.41 Å². The Hall–Kier alpha value is -5.39. The van der Waals surface area contributed by atoms with Crippen molar-refractivity contribution >= 4 is 45.5 Å². The van der Waals surface area contributed by atoms with Gasteiger partial charge in [-0.3, -0.25) is 19.8 Å². The molecule has 0 spiro atoms. The van der Waals surface area contributed by atoms with Gasteiger partial charge in [-0.05, 0) is 144 Å². The molecule has 0 radical (unpaired) electrons. The van der Waals surface area contributed by atoms with Crippen LogP contribution in [0.1, 0.15) is 117 Å². The van der Waals surface area contributed by atoms with Crippen LogP contribution in [0.15, 0.2) is 34.3 Å². The lowest BCUT2D eigenvalue weighted by molar-refractivity contribution is -0.132. The van der Waals surface area contributed by atoms with Crippen molar-refractivity contribution in [3.05, 3.63) is 52.1 Å². The molecule has 3 rings (SSSR count). The Morgan fingerprint density at radius 3 is 2.05 bits per heavy atom. The maximum Gasteiger partial charge on any atom is 0.408 e. The van der Waals surface area contributed by atoms with Gasteiger partial charge >= 0.3 is 6.09 Å². The van der Waals surface area contributed by atoms with Crippen LogP contribution in [0.3, 0.4) is 0 Å². The quantitative estimate of drug-likeness (QED) is 0.0530. The molecule has 0 aliphatic carbocycles. The summed E-state index contributed by atoms with van der Waals surface area (Å²) < 4.78 is 47.0. The van der Waals surface area contributed by atoms with E-state index in [2.05, 4.69) is 36.5 Å². The van der Waals surface area contributed by atoms with Crippen LogP contribution in [0.2, 0.25) is 0 Å². The van der Waals surface area contributed by atoms with Gasteiger partial charge in [-0.15, -0.1) is 0 Å². The third-order valence-electron chi connectivity index (χ3n) is 9.34. The van der Waals surface area contributed by atoms with Crippen LogP contribution in [-0.4, -0.2) is 85.4 Å². The lowest BCUT2D eigenvalue weighted by Gasteiger charge is -2.25. The van der Waals surface area contributed by atoms with Gasteiger partial charge in [-0.1, -0.05) is 12.1 Å². The maximum atomic E-state index is 14.0. The summed E-state index contributed by atoms with van der Waals surface area (Å²) >= 11 is 0. The number of guanidine groups is 1. The normalized spacial score (nSPS) is 14.8. The van der Waals surface area contributed by atoms with E-state index in [0.29, 0.717) is 40.3 Å². The van der Waals surface area contributed by atoms with Gasteiger partial charge < -0.3 is 35.5 Å². The number of hydrogen-bond acceptors (Lipinski definition) is 11. The molecular weight excluding hydrogens is 805 g/mol. The fourth-order valence-electron chi connectivity index (χ4n) is 6.51. The predicted molar refractivity (Wildman–Crippen MR) is 234 cm³/mol. The van der Waals surface area contributed by atoms with Gasteiger partial charge in [-0.25, -0.2) is 23.4 Å². The minimum atomic E-state index is -4.18. The third-order valence-corrected chi connectivity index (χ3v) is 11.0. The number of carbonyl (C=O) groups is 4. The van der Waals surface area contributed by atoms with E-state index in [9.17, 15) is 27.6 Å². The number of nitrogens with zero attached hydrogens (tertiary/aromatic N) is 1. The van der Waals surface area contributed by atoms with Crippen molar-refractivity contribution in [3.8, 4) is 11.5 Å². The number of fused-ring (bicyclic) bond motifs is 1. The van der Waals surface area contributed by atoms with E-state index in [1.165, 1.54) is 6.92 Å². The van der Waals surface area contributed by atoms with Crippen molar-refractivity contribution < 1.29 is 41.8 Å². The first-order valence-electron chi connectivity index (χ1n) is 20.3. The van der Waals surface area contributed by atoms with Gasteiger partial charge in [0.1, 0.15) is 46.4 Å². The lowest BCUT2D eigenvalue weighted by Crippen LogP contribution is -2.57. The average Bonchev–Trinajstić information content (AvgIpc) is 3.45. The van der Waals surface area contributed by atoms with Gasteiger partial charge in [-0.2, -0.15) is 5.10 Å². The standard InChI is InChI=1S/C43H66N8O9S/c1-24(2)49-50-38(54)32(16-15-21-45-39(44)51-61(56,57)35-26(4)25(3)34-31(27(35)5)23-43(13,14)59-34)47-37(53)33(22-29-17-19-30(20-18-29)58-41(7,8)9)48-36(52)28(6)46-40(55)60-42(10,11)12/h17-20,28,32-33H,15-16,21-23H2,1-14H3,(H,46,55)(H,47,53)(H,48,52)(H,50,54)(H3,44,45,51)/t28-,32-,33-/m0/s1. The van der Waals surface area contributed by atoms with Gasteiger partial charge in [0.25, 0.3) is 15.9 Å². The van der Waals surface area contributed by atoms with E-state index in [1.807, 2.05) is 41.5 Å². The molecule has 61 heavy (non-hydrogen) atoms. The molecule has 1 heterocycles. The third kappa shape index (κ3) is 15.2. The smallest absolute Gasteiger partial charge is 0.408 e. The minimum absolute atomic E-state index is 0.0133.